The Morgan fingerprint density at radius 2 is 1.71 bits per heavy atom. The van der Waals surface area contributed by atoms with Crippen molar-refractivity contribution in [2.45, 2.75) is 25.7 Å². The second-order valence-electron chi connectivity index (χ2n) is 3.53. The van der Waals surface area contributed by atoms with Crippen LogP contribution in [0.25, 0.3) is 0 Å². The van der Waals surface area contributed by atoms with Crippen LogP contribution in [0.4, 0.5) is 0 Å². The van der Waals surface area contributed by atoms with Crippen LogP contribution in [0.1, 0.15) is 25.7 Å². The van der Waals surface area contributed by atoms with E-state index in [1.807, 2.05) is 6.08 Å². The molecule has 4 nitrogen and oxygen atoms in total. The first-order chi connectivity index (χ1) is 6.63. The number of carboxylic acid groups (broad SMARTS) is 2. The normalized spacial score (nSPS) is 27.7. The van der Waals surface area contributed by atoms with Crippen LogP contribution >= 0.6 is 0 Å². The number of hydrogen-bond donors (Lipinski definition) is 2. The molecular formula is C10H14O4. The number of rotatable bonds is 2. The lowest BCUT2D eigenvalue weighted by molar-refractivity contribution is -0.154. The SMILES string of the molecule is O=C(O)C1CC=CCCCC1C(=O)O. The summed E-state index contributed by atoms with van der Waals surface area (Å²) in [5.41, 5.74) is 0. The maximum absolute atomic E-state index is 10.8. The van der Waals surface area contributed by atoms with Gasteiger partial charge in [-0.15, -0.1) is 0 Å². The topological polar surface area (TPSA) is 74.6 Å². The first-order valence-corrected chi connectivity index (χ1v) is 4.73. The molecule has 1 aliphatic carbocycles. The molecule has 2 atom stereocenters. The molecule has 0 spiro atoms. The highest BCUT2D eigenvalue weighted by atomic mass is 16.4. The largest absolute Gasteiger partial charge is 0.481 e. The molecule has 0 fully saturated rings. The van der Waals surface area contributed by atoms with Gasteiger partial charge in [0.25, 0.3) is 0 Å². The van der Waals surface area contributed by atoms with Crippen molar-refractivity contribution >= 4 is 11.9 Å². The first-order valence-electron chi connectivity index (χ1n) is 4.73. The summed E-state index contributed by atoms with van der Waals surface area (Å²) < 4.78 is 0. The molecular weight excluding hydrogens is 184 g/mol. The van der Waals surface area contributed by atoms with Gasteiger partial charge in [0.2, 0.25) is 0 Å². The first kappa shape index (κ1) is 10.8. The van der Waals surface area contributed by atoms with Gasteiger partial charge in [0.15, 0.2) is 0 Å². The number of hydrogen-bond acceptors (Lipinski definition) is 2. The molecule has 0 saturated carbocycles. The van der Waals surface area contributed by atoms with Crippen molar-refractivity contribution in [3.8, 4) is 0 Å². The smallest absolute Gasteiger partial charge is 0.307 e. The number of carbonyl (C=O) groups is 2. The summed E-state index contributed by atoms with van der Waals surface area (Å²) in [6.45, 7) is 0. The highest BCUT2D eigenvalue weighted by Gasteiger charge is 2.32. The van der Waals surface area contributed by atoms with Crippen LogP contribution in [0.3, 0.4) is 0 Å². The minimum absolute atomic E-state index is 0.326. The fraction of sp³-hybridized carbons (Fsp3) is 0.600. The predicted molar refractivity (Wildman–Crippen MR) is 49.9 cm³/mol. The van der Waals surface area contributed by atoms with E-state index in [-0.39, 0.29) is 0 Å². The molecule has 0 bridgehead atoms. The summed E-state index contributed by atoms with van der Waals surface area (Å²) in [5.74, 6) is -3.52. The highest BCUT2D eigenvalue weighted by molar-refractivity contribution is 5.80. The van der Waals surface area contributed by atoms with Crippen molar-refractivity contribution < 1.29 is 19.8 Å². The van der Waals surface area contributed by atoms with Crippen molar-refractivity contribution in [3.63, 3.8) is 0 Å². The average molecular weight is 198 g/mol. The summed E-state index contributed by atoms with van der Waals surface area (Å²) in [7, 11) is 0. The van der Waals surface area contributed by atoms with Crippen molar-refractivity contribution in [2.24, 2.45) is 11.8 Å². The van der Waals surface area contributed by atoms with E-state index in [4.69, 9.17) is 10.2 Å². The molecule has 14 heavy (non-hydrogen) atoms. The second kappa shape index (κ2) is 4.79. The molecule has 0 aromatic rings. The maximum atomic E-state index is 10.8. The monoisotopic (exact) mass is 198 g/mol. The van der Waals surface area contributed by atoms with Crippen LogP contribution in [0, 0.1) is 11.8 Å². The van der Waals surface area contributed by atoms with Gasteiger partial charge in [-0.3, -0.25) is 9.59 Å². The Morgan fingerprint density at radius 3 is 2.29 bits per heavy atom. The lowest BCUT2D eigenvalue weighted by Gasteiger charge is -2.20. The molecule has 0 aliphatic heterocycles. The molecule has 0 aromatic carbocycles. The Morgan fingerprint density at radius 1 is 1.07 bits per heavy atom. The van der Waals surface area contributed by atoms with Crippen molar-refractivity contribution in [1.29, 1.82) is 0 Å². The van der Waals surface area contributed by atoms with Gasteiger partial charge < -0.3 is 10.2 Å². The van der Waals surface area contributed by atoms with E-state index in [1.165, 1.54) is 0 Å². The zero-order chi connectivity index (χ0) is 10.6. The van der Waals surface area contributed by atoms with Crippen molar-refractivity contribution in [3.05, 3.63) is 12.2 Å². The summed E-state index contributed by atoms with van der Waals surface area (Å²) in [6, 6.07) is 0. The summed E-state index contributed by atoms with van der Waals surface area (Å²) >= 11 is 0. The predicted octanol–water partition coefficient (Wildman–Crippen LogP) is 1.52. The fourth-order valence-corrected chi connectivity index (χ4v) is 1.75. The Balaban J connectivity index is 2.79. The van der Waals surface area contributed by atoms with E-state index in [9.17, 15) is 9.59 Å². The Kier molecular flexibility index (Phi) is 3.68. The molecule has 4 heteroatoms. The van der Waals surface area contributed by atoms with Gasteiger partial charge >= 0.3 is 11.9 Å². The van der Waals surface area contributed by atoms with E-state index in [2.05, 4.69) is 0 Å². The number of allylic oxidation sites excluding steroid dienone is 2. The lowest BCUT2D eigenvalue weighted by atomic mass is 9.84. The Hall–Kier alpha value is -1.32. The molecule has 78 valence electrons. The summed E-state index contributed by atoms with van der Waals surface area (Å²) in [5, 5.41) is 17.8. The van der Waals surface area contributed by atoms with Crippen LogP contribution in [-0.2, 0) is 9.59 Å². The minimum Gasteiger partial charge on any atom is -0.481 e. The van der Waals surface area contributed by atoms with E-state index in [0.717, 1.165) is 12.8 Å². The van der Waals surface area contributed by atoms with Crippen LogP contribution in [-0.4, -0.2) is 22.2 Å². The third-order valence-electron chi connectivity index (χ3n) is 2.56. The number of carboxylic acids is 2. The zero-order valence-corrected chi connectivity index (χ0v) is 7.85. The van der Waals surface area contributed by atoms with Crippen LogP contribution in [0.2, 0.25) is 0 Å². The van der Waals surface area contributed by atoms with E-state index < -0.39 is 23.8 Å². The quantitative estimate of drug-likeness (QED) is 0.659. The van der Waals surface area contributed by atoms with Crippen LogP contribution < -0.4 is 0 Å². The van der Waals surface area contributed by atoms with Gasteiger partial charge in [-0.05, 0) is 25.7 Å². The van der Waals surface area contributed by atoms with Crippen molar-refractivity contribution in [2.75, 3.05) is 0 Å². The third kappa shape index (κ3) is 2.58. The van der Waals surface area contributed by atoms with Gasteiger partial charge in [0.05, 0.1) is 11.8 Å². The zero-order valence-electron chi connectivity index (χ0n) is 7.85. The molecule has 0 heterocycles. The molecule has 0 radical (unpaired) electrons. The third-order valence-corrected chi connectivity index (χ3v) is 2.56. The molecule has 1 aliphatic rings. The summed E-state index contributed by atoms with van der Waals surface area (Å²) in [6.07, 6.45) is 6.07. The minimum atomic E-state index is -1.01. The Bertz CT molecular complexity index is 257. The molecule has 1 rings (SSSR count). The highest BCUT2D eigenvalue weighted by Crippen LogP contribution is 2.25. The van der Waals surface area contributed by atoms with Gasteiger partial charge in [-0.1, -0.05) is 12.2 Å². The lowest BCUT2D eigenvalue weighted by Crippen LogP contribution is -2.30. The molecule has 0 saturated heterocycles. The van der Waals surface area contributed by atoms with Gasteiger partial charge in [0, 0.05) is 0 Å². The van der Waals surface area contributed by atoms with Gasteiger partial charge in [-0.25, -0.2) is 0 Å². The molecule has 2 unspecified atom stereocenters. The van der Waals surface area contributed by atoms with Crippen LogP contribution in [0.15, 0.2) is 12.2 Å². The fourth-order valence-electron chi connectivity index (χ4n) is 1.75. The van der Waals surface area contributed by atoms with E-state index >= 15 is 0 Å². The molecule has 0 amide bonds. The molecule has 2 N–H and O–H groups in total. The van der Waals surface area contributed by atoms with Crippen LogP contribution in [0.5, 0.6) is 0 Å². The maximum Gasteiger partial charge on any atom is 0.307 e. The van der Waals surface area contributed by atoms with E-state index in [0.29, 0.717) is 12.8 Å². The van der Waals surface area contributed by atoms with E-state index in [1.54, 1.807) is 6.08 Å². The number of aliphatic carboxylic acids is 2. The summed E-state index contributed by atoms with van der Waals surface area (Å²) in [4.78, 5) is 21.7. The second-order valence-corrected chi connectivity index (χ2v) is 3.53. The molecule has 0 aromatic heterocycles. The van der Waals surface area contributed by atoms with Crippen molar-refractivity contribution in [1.82, 2.24) is 0 Å². The Labute approximate surface area is 82.2 Å². The van der Waals surface area contributed by atoms with Gasteiger partial charge in [0.1, 0.15) is 0 Å². The average Bonchev–Trinajstić information content (AvgIpc) is 2.01. The van der Waals surface area contributed by atoms with Gasteiger partial charge in [-0.2, -0.15) is 0 Å². The standard InChI is InChI=1S/C10H14O4/c11-9(12)7-5-3-1-2-4-6-8(7)10(13)14/h1,3,7-8H,2,4-6H2,(H,11,12)(H,13,14).